The molecule has 7 nitrogen and oxygen atoms in total. The summed E-state index contributed by atoms with van der Waals surface area (Å²) in [5, 5.41) is 1.11. The van der Waals surface area contributed by atoms with Crippen molar-refractivity contribution in [2.24, 2.45) is 14.1 Å². The third kappa shape index (κ3) is 3.22. The second kappa shape index (κ2) is 7.89. The zero-order chi connectivity index (χ0) is 24.4. The molecule has 4 aromatic rings. The van der Waals surface area contributed by atoms with E-state index in [1.54, 1.807) is 18.7 Å². The van der Waals surface area contributed by atoms with Crippen molar-refractivity contribution in [2.45, 2.75) is 25.5 Å². The van der Waals surface area contributed by atoms with Crippen LogP contribution in [0.2, 0.25) is 5.02 Å². The Labute approximate surface area is 201 Å². The summed E-state index contributed by atoms with van der Waals surface area (Å²) in [4.78, 5) is 26.6. The molecule has 34 heavy (non-hydrogen) atoms. The van der Waals surface area contributed by atoms with Crippen molar-refractivity contribution in [2.75, 3.05) is 13.7 Å². The molecule has 0 spiro atoms. The number of aromatic nitrogens is 3. The highest BCUT2D eigenvalue weighted by molar-refractivity contribution is 6.30. The number of aryl methyl sites for hydroxylation is 1. The van der Waals surface area contributed by atoms with Gasteiger partial charge in [-0.05, 0) is 61.4 Å². The van der Waals surface area contributed by atoms with Crippen molar-refractivity contribution < 1.29 is 9.47 Å². The smallest absolute Gasteiger partial charge is 0.331 e. The van der Waals surface area contributed by atoms with Crippen LogP contribution in [0, 0.1) is 0 Å². The Hall–Kier alpha value is -3.29. The second-order valence-electron chi connectivity index (χ2n) is 9.28. The minimum absolute atomic E-state index is 0.337. The quantitative estimate of drug-likeness (QED) is 0.441. The van der Waals surface area contributed by atoms with Gasteiger partial charge in [0.2, 0.25) is 0 Å². The number of hydrogen-bond acceptors (Lipinski definition) is 4. The summed E-state index contributed by atoms with van der Waals surface area (Å²) in [5.74, 6) is 0.723. The van der Waals surface area contributed by atoms with Crippen LogP contribution in [0.25, 0.3) is 22.2 Å². The number of fused-ring (bicyclic) bond motifs is 3. The molecule has 2 aromatic heterocycles. The molecule has 2 aromatic carbocycles. The maximum Gasteiger partial charge on any atom is 0.331 e. The van der Waals surface area contributed by atoms with Gasteiger partial charge in [-0.2, -0.15) is 0 Å². The van der Waals surface area contributed by atoms with E-state index in [1.807, 2.05) is 48.5 Å². The monoisotopic (exact) mass is 479 g/mol. The molecule has 0 bridgehead atoms. The van der Waals surface area contributed by atoms with Gasteiger partial charge in [-0.3, -0.25) is 13.9 Å². The minimum Gasteiger partial charge on any atom is -0.497 e. The maximum atomic E-state index is 13.6. The zero-order valence-corrected chi connectivity index (χ0v) is 20.5. The maximum absolute atomic E-state index is 13.6. The molecule has 3 heterocycles. The summed E-state index contributed by atoms with van der Waals surface area (Å²) >= 11 is 6.14. The highest BCUT2D eigenvalue weighted by Crippen LogP contribution is 2.45. The summed E-state index contributed by atoms with van der Waals surface area (Å²) in [5.41, 5.74) is 2.67. The predicted molar refractivity (Wildman–Crippen MR) is 133 cm³/mol. The Morgan fingerprint density at radius 3 is 2.26 bits per heavy atom. The molecule has 0 aliphatic carbocycles. The summed E-state index contributed by atoms with van der Waals surface area (Å²) < 4.78 is 16.6. The molecule has 176 valence electrons. The van der Waals surface area contributed by atoms with Gasteiger partial charge in [0.1, 0.15) is 11.9 Å². The molecule has 1 aliphatic rings. The molecular formula is C26H26ClN3O4. The third-order valence-electron chi connectivity index (χ3n) is 6.60. The van der Waals surface area contributed by atoms with Crippen LogP contribution in [-0.2, 0) is 24.4 Å². The number of benzene rings is 2. The van der Waals surface area contributed by atoms with E-state index in [0.29, 0.717) is 22.5 Å². The number of halogens is 1. The average molecular weight is 480 g/mol. The third-order valence-corrected chi connectivity index (χ3v) is 6.85. The highest BCUT2D eigenvalue weighted by atomic mass is 35.5. The van der Waals surface area contributed by atoms with Crippen molar-refractivity contribution in [3.63, 3.8) is 0 Å². The molecule has 8 heteroatoms. The first-order chi connectivity index (χ1) is 16.2. The van der Waals surface area contributed by atoms with E-state index in [2.05, 4.69) is 18.4 Å². The van der Waals surface area contributed by atoms with Crippen LogP contribution in [0.15, 0.2) is 58.1 Å². The van der Waals surface area contributed by atoms with Crippen LogP contribution in [0.4, 0.5) is 0 Å². The van der Waals surface area contributed by atoms with Gasteiger partial charge in [-0.1, -0.05) is 23.7 Å². The SMILES string of the molecule is COc1ccc(-c2c3c(=O)n(C)c(=O)n(C)c3c3n2C(C)(C)CO[C@H]3c2ccc(Cl)cc2)cc1. The first-order valence-electron chi connectivity index (χ1n) is 11.0. The topological polar surface area (TPSA) is 67.4 Å². The Morgan fingerprint density at radius 2 is 1.65 bits per heavy atom. The fourth-order valence-electron chi connectivity index (χ4n) is 4.91. The normalized spacial score (nSPS) is 17.1. The lowest BCUT2D eigenvalue weighted by molar-refractivity contribution is -0.00707. The summed E-state index contributed by atoms with van der Waals surface area (Å²) in [6.07, 6.45) is -0.475. The number of nitrogens with zero attached hydrogens (tertiary/aromatic N) is 3. The fourth-order valence-corrected chi connectivity index (χ4v) is 5.04. The first kappa shape index (κ1) is 22.5. The van der Waals surface area contributed by atoms with Crippen LogP contribution in [-0.4, -0.2) is 27.4 Å². The van der Waals surface area contributed by atoms with Gasteiger partial charge in [0.05, 0.1) is 41.5 Å². The van der Waals surface area contributed by atoms with Gasteiger partial charge in [0.25, 0.3) is 5.56 Å². The van der Waals surface area contributed by atoms with Gasteiger partial charge in [-0.25, -0.2) is 4.79 Å². The fraction of sp³-hybridized carbons (Fsp3) is 0.308. The van der Waals surface area contributed by atoms with E-state index >= 15 is 0 Å². The second-order valence-corrected chi connectivity index (χ2v) is 9.72. The minimum atomic E-state index is -0.479. The van der Waals surface area contributed by atoms with Crippen LogP contribution in [0.5, 0.6) is 5.75 Å². The molecule has 0 unspecified atom stereocenters. The molecule has 1 aliphatic heterocycles. The van der Waals surface area contributed by atoms with Gasteiger partial charge in [0.15, 0.2) is 0 Å². The molecule has 0 saturated heterocycles. The first-order valence-corrected chi connectivity index (χ1v) is 11.4. The van der Waals surface area contributed by atoms with Gasteiger partial charge in [-0.15, -0.1) is 0 Å². The standard InChI is InChI=1S/C26H26ClN3O4/c1-26(2)14-34-23(16-6-10-17(27)11-7-16)22-21-19(24(31)29(4)25(32)28(21)3)20(30(22)26)15-8-12-18(33-5)13-9-15/h6-13,23H,14H2,1-5H3/t23-/m0/s1. The molecule has 0 radical (unpaired) electrons. The Kier molecular flexibility index (Phi) is 5.22. The Morgan fingerprint density at radius 1 is 1.00 bits per heavy atom. The van der Waals surface area contributed by atoms with E-state index < -0.39 is 11.6 Å². The highest BCUT2D eigenvalue weighted by Gasteiger charge is 2.40. The lowest BCUT2D eigenvalue weighted by atomic mass is 9.98. The van der Waals surface area contributed by atoms with E-state index in [9.17, 15) is 9.59 Å². The van der Waals surface area contributed by atoms with Gasteiger partial charge < -0.3 is 14.0 Å². The van der Waals surface area contributed by atoms with Crippen molar-refractivity contribution in [1.82, 2.24) is 13.7 Å². The van der Waals surface area contributed by atoms with Crippen LogP contribution < -0.4 is 16.0 Å². The Balaban J connectivity index is 1.97. The number of hydrogen-bond donors (Lipinski definition) is 0. The molecule has 5 rings (SSSR count). The van der Waals surface area contributed by atoms with Crippen LogP contribution >= 0.6 is 11.6 Å². The molecular weight excluding hydrogens is 454 g/mol. The van der Waals surface area contributed by atoms with E-state index in [1.165, 1.54) is 7.05 Å². The van der Waals surface area contributed by atoms with Crippen LogP contribution in [0.3, 0.4) is 0 Å². The molecule has 0 amide bonds. The van der Waals surface area contributed by atoms with Gasteiger partial charge in [0, 0.05) is 19.1 Å². The average Bonchev–Trinajstić information content (AvgIpc) is 3.20. The zero-order valence-electron chi connectivity index (χ0n) is 19.8. The summed E-state index contributed by atoms with van der Waals surface area (Å²) in [7, 11) is 4.83. The summed E-state index contributed by atoms with van der Waals surface area (Å²) in [6, 6.07) is 15.1. The number of ether oxygens (including phenoxy) is 2. The van der Waals surface area contributed by atoms with Crippen molar-refractivity contribution in [1.29, 1.82) is 0 Å². The van der Waals surface area contributed by atoms with E-state index in [0.717, 1.165) is 32.8 Å². The molecule has 0 saturated carbocycles. The Bertz CT molecular complexity index is 1530. The lowest BCUT2D eigenvalue weighted by Crippen LogP contribution is -2.40. The number of methoxy groups -OCH3 is 1. The molecule has 0 N–H and O–H groups in total. The van der Waals surface area contributed by atoms with Crippen LogP contribution in [0.1, 0.15) is 31.2 Å². The van der Waals surface area contributed by atoms with Gasteiger partial charge >= 0.3 is 5.69 Å². The molecule has 1 atom stereocenters. The largest absolute Gasteiger partial charge is 0.497 e. The van der Waals surface area contributed by atoms with Crippen molar-refractivity contribution in [3.05, 3.63) is 85.6 Å². The van der Waals surface area contributed by atoms with E-state index in [-0.39, 0.29) is 11.2 Å². The lowest BCUT2D eigenvalue weighted by Gasteiger charge is -2.39. The predicted octanol–water partition coefficient (Wildman–Crippen LogP) is 4.22. The summed E-state index contributed by atoms with van der Waals surface area (Å²) in [6.45, 7) is 4.57. The van der Waals surface area contributed by atoms with E-state index in [4.69, 9.17) is 21.1 Å². The number of rotatable bonds is 3. The van der Waals surface area contributed by atoms with Crippen molar-refractivity contribution >= 4 is 22.5 Å². The molecule has 0 fully saturated rings. The van der Waals surface area contributed by atoms with Crippen molar-refractivity contribution in [3.8, 4) is 17.0 Å².